The molecule has 5 heteroatoms. The van der Waals surface area contributed by atoms with Gasteiger partial charge < -0.3 is 15.0 Å². The summed E-state index contributed by atoms with van der Waals surface area (Å²) in [5.74, 6) is 0.0168. The maximum Gasteiger partial charge on any atom is 0.226 e. The molecule has 0 bridgehead atoms. The minimum Gasteiger partial charge on any atom is -0.391 e. The Morgan fingerprint density at radius 2 is 2.29 bits per heavy atom. The number of aliphatic hydroxyl groups excluding tert-OH is 1. The van der Waals surface area contributed by atoms with Gasteiger partial charge in [-0.05, 0) is 42.5 Å². The molecule has 1 saturated carbocycles. The van der Waals surface area contributed by atoms with Crippen molar-refractivity contribution in [3.05, 3.63) is 35.8 Å². The fraction of sp³-hybridized carbons (Fsp3) is 0.438. The lowest BCUT2D eigenvalue weighted by atomic mass is 10.1. The number of carbonyl (C=O) groups excluding carboxylic acids is 1. The molecule has 0 saturated heterocycles. The van der Waals surface area contributed by atoms with Crippen LogP contribution >= 0.6 is 0 Å². The van der Waals surface area contributed by atoms with Crippen molar-refractivity contribution in [3.8, 4) is 0 Å². The van der Waals surface area contributed by atoms with Gasteiger partial charge in [0.1, 0.15) is 5.82 Å². The van der Waals surface area contributed by atoms with Gasteiger partial charge in [0.25, 0.3) is 0 Å². The Morgan fingerprint density at radius 1 is 1.52 bits per heavy atom. The number of hydrogen-bond acceptors (Lipinski definition) is 2. The summed E-state index contributed by atoms with van der Waals surface area (Å²) in [6.45, 7) is 0.375. The number of aliphatic hydroxyl groups is 1. The van der Waals surface area contributed by atoms with Crippen LogP contribution in [0.5, 0.6) is 0 Å². The summed E-state index contributed by atoms with van der Waals surface area (Å²) in [4.78, 5) is 16.8. The first-order valence-electron chi connectivity index (χ1n) is 7.22. The molecule has 0 spiro atoms. The van der Waals surface area contributed by atoms with Crippen LogP contribution in [0.25, 0.3) is 10.9 Å². The molecule has 2 N–H and O–H groups in total. The zero-order chi connectivity index (χ0) is 15.0. The van der Waals surface area contributed by atoms with E-state index in [0.717, 1.165) is 23.8 Å². The maximum atomic E-state index is 13.1. The minimum absolute atomic E-state index is 0.0417. The number of amides is 1. The van der Waals surface area contributed by atoms with Crippen LogP contribution in [0.3, 0.4) is 0 Å². The lowest BCUT2D eigenvalue weighted by Crippen LogP contribution is -2.36. The third-order valence-corrected chi connectivity index (χ3v) is 4.12. The van der Waals surface area contributed by atoms with Crippen LogP contribution in [0.1, 0.15) is 18.4 Å². The highest BCUT2D eigenvalue weighted by Crippen LogP contribution is 2.32. The Balaban J connectivity index is 1.67. The van der Waals surface area contributed by atoms with Crippen LogP contribution in [0.15, 0.2) is 24.4 Å². The Hall–Kier alpha value is -1.88. The summed E-state index contributed by atoms with van der Waals surface area (Å²) >= 11 is 0. The SMILES string of the molecule is CN(CC(O)C1CC1)C(=O)Cc1c[nH]c2cc(F)ccc12. The topological polar surface area (TPSA) is 56.3 Å². The van der Waals surface area contributed by atoms with Crippen molar-refractivity contribution in [2.75, 3.05) is 13.6 Å². The summed E-state index contributed by atoms with van der Waals surface area (Å²) < 4.78 is 13.1. The number of halogens is 1. The Kier molecular flexibility index (Phi) is 3.68. The molecule has 2 aromatic rings. The molecule has 3 rings (SSSR count). The highest BCUT2D eigenvalue weighted by Gasteiger charge is 2.31. The molecular formula is C16H19FN2O2. The van der Waals surface area contributed by atoms with Gasteiger partial charge in [0.15, 0.2) is 0 Å². The predicted molar refractivity (Wildman–Crippen MR) is 78.3 cm³/mol. The largest absolute Gasteiger partial charge is 0.391 e. The molecule has 1 aromatic heterocycles. The number of likely N-dealkylation sites (N-methyl/N-ethyl adjacent to an activating group) is 1. The smallest absolute Gasteiger partial charge is 0.226 e. The number of H-pyrrole nitrogens is 1. The van der Waals surface area contributed by atoms with E-state index in [-0.39, 0.29) is 18.1 Å². The molecule has 1 heterocycles. The molecule has 1 aliphatic rings. The van der Waals surface area contributed by atoms with Crippen molar-refractivity contribution >= 4 is 16.8 Å². The number of aromatic nitrogens is 1. The average molecular weight is 290 g/mol. The van der Waals surface area contributed by atoms with E-state index in [0.29, 0.717) is 18.0 Å². The number of hydrogen-bond donors (Lipinski definition) is 2. The van der Waals surface area contributed by atoms with Gasteiger partial charge in [-0.3, -0.25) is 4.79 Å². The second-order valence-corrected chi connectivity index (χ2v) is 5.86. The van der Waals surface area contributed by atoms with Crippen LogP contribution < -0.4 is 0 Å². The van der Waals surface area contributed by atoms with Crippen LogP contribution in [0, 0.1) is 11.7 Å². The van der Waals surface area contributed by atoms with Gasteiger partial charge in [-0.25, -0.2) is 4.39 Å². The molecule has 1 unspecified atom stereocenters. The van der Waals surface area contributed by atoms with Crippen LogP contribution in [0.4, 0.5) is 4.39 Å². The predicted octanol–water partition coefficient (Wildman–Crippen LogP) is 2.08. The fourth-order valence-electron chi connectivity index (χ4n) is 2.62. The zero-order valence-corrected chi connectivity index (χ0v) is 12.0. The van der Waals surface area contributed by atoms with Crippen molar-refractivity contribution in [3.63, 3.8) is 0 Å². The molecule has 1 amide bonds. The highest BCUT2D eigenvalue weighted by atomic mass is 19.1. The Morgan fingerprint density at radius 3 is 3.00 bits per heavy atom. The van der Waals surface area contributed by atoms with E-state index in [1.807, 2.05) is 0 Å². The van der Waals surface area contributed by atoms with E-state index < -0.39 is 6.10 Å². The number of carbonyl (C=O) groups is 1. The van der Waals surface area contributed by atoms with E-state index in [2.05, 4.69) is 4.98 Å². The maximum absolute atomic E-state index is 13.1. The molecule has 1 fully saturated rings. The lowest BCUT2D eigenvalue weighted by Gasteiger charge is -2.20. The number of nitrogens with one attached hydrogen (secondary N) is 1. The molecular weight excluding hydrogens is 271 g/mol. The zero-order valence-electron chi connectivity index (χ0n) is 12.0. The standard InChI is InChI=1S/C16H19FN2O2/c1-19(9-15(20)10-2-3-10)16(21)6-11-8-18-14-7-12(17)4-5-13(11)14/h4-5,7-8,10,15,18,20H,2-3,6,9H2,1H3. The summed E-state index contributed by atoms with van der Waals surface area (Å²) in [7, 11) is 1.71. The van der Waals surface area contributed by atoms with Gasteiger partial charge in [-0.1, -0.05) is 0 Å². The van der Waals surface area contributed by atoms with E-state index in [1.54, 1.807) is 24.2 Å². The third kappa shape index (κ3) is 3.08. The first kappa shape index (κ1) is 14.1. The number of rotatable bonds is 5. The quantitative estimate of drug-likeness (QED) is 0.886. The molecule has 0 aliphatic heterocycles. The number of fused-ring (bicyclic) bond motifs is 1. The summed E-state index contributed by atoms with van der Waals surface area (Å²) in [5.41, 5.74) is 1.54. The number of benzene rings is 1. The van der Waals surface area contributed by atoms with Crippen LogP contribution in [-0.4, -0.2) is 40.6 Å². The van der Waals surface area contributed by atoms with Gasteiger partial charge in [-0.2, -0.15) is 0 Å². The van der Waals surface area contributed by atoms with Crippen molar-refractivity contribution in [1.82, 2.24) is 9.88 Å². The summed E-state index contributed by atoms with van der Waals surface area (Å²) in [6.07, 6.45) is 3.68. The number of aromatic amines is 1. The molecule has 21 heavy (non-hydrogen) atoms. The van der Waals surface area contributed by atoms with Gasteiger partial charge in [0.2, 0.25) is 5.91 Å². The fourth-order valence-corrected chi connectivity index (χ4v) is 2.62. The first-order valence-corrected chi connectivity index (χ1v) is 7.22. The van der Waals surface area contributed by atoms with Gasteiger partial charge in [0.05, 0.1) is 12.5 Å². The third-order valence-electron chi connectivity index (χ3n) is 4.12. The van der Waals surface area contributed by atoms with Gasteiger partial charge >= 0.3 is 0 Å². The molecule has 4 nitrogen and oxygen atoms in total. The summed E-state index contributed by atoms with van der Waals surface area (Å²) in [5, 5.41) is 10.8. The van der Waals surface area contributed by atoms with Crippen molar-refractivity contribution in [2.24, 2.45) is 5.92 Å². The molecule has 112 valence electrons. The van der Waals surface area contributed by atoms with Crippen LogP contribution in [-0.2, 0) is 11.2 Å². The molecule has 1 aromatic carbocycles. The van der Waals surface area contributed by atoms with E-state index in [1.165, 1.54) is 12.1 Å². The minimum atomic E-state index is -0.420. The number of nitrogens with zero attached hydrogens (tertiary/aromatic N) is 1. The molecule has 0 radical (unpaired) electrons. The Labute approximate surface area is 122 Å². The second-order valence-electron chi connectivity index (χ2n) is 5.86. The van der Waals surface area contributed by atoms with Gasteiger partial charge in [0, 0.05) is 30.7 Å². The Bertz CT molecular complexity index is 663. The normalized spacial score (nSPS) is 16.1. The first-order chi connectivity index (χ1) is 10.0. The average Bonchev–Trinajstić information content (AvgIpc) is 3.22. The molecule has 1 atom stereocenters. The van der Waals surface area contributed by atoms with E-state index in [9.17, 15) is 14.3 Å². The lowest BCUT2D eigenvalue weighted by molar-refractivity contribution is -0.130. The van der Waals surface area contributed by atoms with Crippen molar-refractivity contribution in [1.29, 1.82) is 0 Å². The molecule has 1 aliphatic carbocycles. The summed E-state index contributed by atoms with van der Waals surface area (Å²) in [6, 6.07) is 4.50. The van der Waals surface area contributed by atoms with Crippen LogP contribution in [0.2, 0.25) is 0 Å². The van der Waals surface area contributed by atoms with E-state index >= 15 is 0 Å². The van der Waals surface area contributed by atoms with E-state index in [4.69, 9.17) is 0 Å². The van der Waals surface area contributed by atoms with Crippen molar-refractivity contribution in [2.45, 2.75) is 25.4 Å². The highest BCUT2D eigenvalue weighted by molar-refractivity contribution is 5.88. The van der Waals surface area contributed by atoms with Crippen molar-refractivity contribution < 1.29 is 14.3 Å². The second kappa shape index (κ2) is 5.48. The van der Waals surface area contributed by atoms with Gasteiger partial charge in [-0.15, -0.1) is 0 Å². The monoisotopic (exact) mass is 290 g/mol.